The van der Waals surface area contributed by atoms with Crippen molar-refractivity contribution in [3.63, 3.8) is 0 Å². The minimum atomic E-state index is -3.39. The molecule has 0 radical (unpaired) electrons. The molecule has 10 atom stereocenters. The van der Waals surface area contributed by atoms with E-state index in [1.807, 2.05) is 6.07 Å². The first-order valence-electron chi connectivity index (χ1n) is 15.9. The Kier molecular flexibility index (Phi) is 10.6. The van der Waals surface area contributed by atoms with Crippen LogP contribution in [0, 0.1) is 23.7 Å². The van der Waals surface area contributed by atoms with Gasteiger partial charge in [0.05, 0.1) is 46.8 Å². The maximum absolute atomic E-state index is 13.4. The molecule has 3 heterocycles. The minimum absolute atomic E-state index is 0.0188. The summed E-state index contributed by atoms with van der Waals surface area (Å²) in [6.45, 7) is 17.8. The number of sulfone groups is 1. The lowest BCUT2D eigenvalue weighted by atomic mass is 9.81. The van der Waals surface area contributed by atoms with Gasteiger partial charge in [0.15, 0.2) is 9.84 Å². The lowest BCUT2D eigenvalue weighted by Gasteiger charge is -2.42. The fraction of sp³-hybridized carbons (Fsp3) is 0.765. The van der Waals surface area contributed by atoms with Crippen LogP contribution in [-0.4, -0.2) is 50.3 Å². The smallest absolute Gasteiger partial charge is 0.178 e. The van der Waals surface area contributed by atoms with Crippen LogP contribution in [0.4, 0.5) is 0 Å². The molecule has 0 saturated carbocycles. The van der Waals surface area contributed by atoms with Crippen molar-refractivity contribution in [2.45, 2.75) is 140 Å². The van der Waals surface area contributed by atoms with Crippen LogP contribution in [0.3, 0.4) is 0 Å². The number of allylic oxidation sites excluding steroid dienone is 1. The van der Waals surface area contributed by atoms with Crippen LogP contribution in [0.2, 0.25) is 0 Å². The molecule has 0 bridgehead atoms. The minimum Gasteiger partial charge on any atom is -0.374 e. The van der Waals surface area contributed by atoms with Crippen LogP contribution >= 0.6 is 0 Å². The summed E-state index contributed by atoms with van der Waals surface area (Å²) in [5, 5.41) is 0. The van der Waals surface area contributed by atoms with E-state index < -0.39 is 9.84 Å². The summed E-state index contributed by atoms with van der Waals surface area (Å²) in [7, 11) is -3.39. The standard InChI is InChI=1S/C34H54O5S/c1-8-23(3)19-32-27(7)30(22-40(35,36)29-13-11-10-12-14-29)31(38-32)17-15-24(4)25(5)20-28-16-18-33-34(9-2,39-28)21-26(6)37-33/h10-14,23,25-28,30-33H,4,8-9,15-22H2,1-3,5-7H3/t23?,25-,26+,27-,28?,30-,31+,32-,33+,34+/m1/s1. The second kappa shape index (κ2) is 13.4. The highest BCUT2D eigenvalue weighted by Crippen LogP contribution is 2.45. The molecule has 0 N–H and O–H groups in total. The van der Waals surface area contributed by atoms with E-state index in [2.05, 4.69) is 48.1 Å². The Balaban J connectivity index is 1.38. The van der Waals surface area contributed by atoms with Crippen molar-refractivity contribution in [3.8, 4) is 0 Å². The molecule has 0 aliphatic carbocycles. The summed E-state index contributed by atoms with van der Waals surface area (Å²) in [6, 6.07) is 8.88. The molecule has 0 aromatic heterocycles. The highest BCUT2D eigenvalue weighted by atomic mass is 32.2. The number of hydrogen-bond donors (Lipinski definition) is 0. The monoisotopic (exact) mass is 574 g/mol. The van der Waals surface area contributed by atoms with Crippen molar-refractivity contribution in [2.75, 3.05) is 5.75 Å². The zero-order valence-electron chi connectivity index (χ0n) is 25.8. The zero-order chi connectivity index (χ0) is 29.1. The van der Waals surface area contributed by atoms with Crippen LogP contribution in [-0.2, 0) is 24.0 Å². The fourth-order valence-corrected chi connectivity index (χ4v) is 9.22. The van der Waals surface area contributed by atoms with Gasteiger partial charge < -0.3 is 14.2 Å². The molecule has 3 aliphatic rings. The molecule has 2 unspecified atom stereocenters. The highest BCUT2D eigenvalue weighted by Gasteiger charge is 2.51. The first-order chi connectivity index (χ1) is 19.0. The van der Waals surface area contributed by atoms with Crippen LogP contribution in [0.25, 0.3) is 0 Å². The Bertz CT molecular complexity index is 1070. The number of benzene rings is 1. The van der Waals surface area contributed by atoms with Gasteiger partial charge in [-0.1, -0.05) is 71.4 Å². The van der Waals surface area contributed by atoms with Crippen molar-refractivity contribution < 1.29 is 22.6 Å². The second-order valence-corrected chi connectivity index (χ2v) is 15.3. The topological polar surface area (TPSA) is 61.8 Å². The molecule has 0 amide bonds. The van der Waals surface area contributed by atoms with E-state index in [0.717, 1.165) is 57.8 Å². The average molecular weight is 575 g/mol. The Morgan fingerprint density at radius 1 is 1.05 bits per heavy atom. The quantitative estimate of drug-likeness (QED) is 0.225. The first kappa shape index (κ1) is 31.7. The zero-order valence-corrected chi connectivity index (χ0v) is 26.6. The summed E-state index contributed by atoms with van der Waals surface area (Å²) >= 11 is 0. The van der Waals surface area contributed by atoms with Crippen LogP contribution in [0.15, 0.2) is 47.4 Å². The Labute approximate surface area is 244 Å². The van der Waals surface area contributed by atoms with Gasteiger partial charge in [-0.3, -0.25) is 0 Å². The molecule has 1 aromatic rings. The predicted octanol–water partition coefficient (Wildman–Crippen LogP) is 7.78. The number of fused-ring (bicyclic) bond motifs is 1. The predicted molar refractivity (Wildman–Crippen MR) is 162 cm³/mol. The highest BCUT2D eigenvalue weighted by molar-refractivity contribution is 7.91. The number of hydrogen-bond acceptors (Lipinski definition) is 5. The molecular weight excluding hydrogens is 520 g/mol. The van der Waals surface area contributed by atoms with Crippen LogP contribution in [0.1, 0.15) is 99.3 Å². The third-order valence-corrected chi connectivity index (χ3v) is 12.2. The molecule has 1 aromatic carbocycles. The van der Waals surface area contributed by atoms with E-state index in [4.69, 9.17) is 14.2 Å². The van der Waals surface area contributed by atoms with E-state index in [0.29, 0.717) is 16.7 Å². The van der Waals surface area contributed by atoms with Crippen molar-refractivity contribution in [1.82, 2.24) is 0 Å². The lowest BCUT2D eigenvalue weighted by Crippen LogP contribution is -2.48. The largest absolute Gasteiger partial charge is 0.374 e. The van der Waals surface area contributed by atoms with Crippen molar-refractivity contribution >= 4 is 9.84 Å². The van der Waals surface area contributed by atoms with Crippen molar-refractivity contribution in [2.24, 2.45) is 23.7 Å². The molecule has 226 valence electrons. The Hall–Kier alpha value is -1.21. The number of rotatable bonds is 13. The normalized spacial score (nSPS) is 35.8. The van der Waals surface area contributed by atoms with Gasteiger partial charge in [0, 0.05) is 12.3 Å². The summed E-state index contributed by atoms with van der Waals surface area (Å²) < 4.78 is 46.4. The summed E-state index contributed by atoms with van der Waals surface area (Å²) in [5.74, 6) is 1.22. The maximum Gasteiger partial charge on any atom is 0.178 e. The van der Waals surface area contributed by atoms with E-state index in [1.165, 1.54) is 5.57 Å². The van der Waals surface area contributed by atoms with Gasteiger partial charge in [-0.05, 0) is 81.8 Å². The molecule has 5 nitrogen and oxygen atoms in total. The molecular formula is C34H54O5S. The summed E-state index contributed by atoms with van der Waals surface area (Å²) in [5.41, 5.74) is 1.10. The van der Waals surface area contributed by atoms with Gasteiger partial charge >= 0.3 is 0 Å². The molecule has 4 rings (SSSR count). The molecule has 40 heavy (non-hydrogen) atoms. The first-order valence-corrected chi connectivity index (χ1v) is 17.6. The maximum atomic E-state index is 13.4. The number of ether oxygens (including phenoxy) is 3. The Morgan fingerprint density at radius 3 is 2.45 bits per heavy atom. The van der Waals surface area contributed by atoms with Gasteiger partial charge in [-0.25, -0.2) is 8.42 Å². The van der Waals surface area contributed by atoms with Gasteiger partial charge in [0.25, 0.3) is 0 Å². The lowest BCUT2D eigenvalue weighted by molar-refractivity contribution is -0.170. The second-order valence-electron chi connectivity index (χ2n) is 13.3. The molecule has 6 heteroatoms. The third-order valence-electron chi connectivity index (χ3n) is 10.4. The van der Waals surface area contributed by atoms with Gasteiger partial charge in [0.1, 0.15) is 0 Å². The van der Waals surface area contributed by atoms with Gasteiger partial charge in [-0.15, -0.1) is 0 Å². The molecule has 3 fully saturated rings. The van der Waals surface area contributed by atoms with E-state index in [9.17, 15) is 8.42 Å². The summed E-state index contributed by atoms with van der Waals surface area (Å²) in [4.78, 5) is 0.408. The Morgan fingerprint density at radius 2 is 1.77 bits per heavy atom. The van der Waals surface area contributed by atoms with Gasteiger partial charge in [-0.2, -0.15) is 0 Å². The average Bonchev–Trinajstić information content (AvgIpc) is 3.42. The van der Waals surface area contributed by atoms with Gasteiger partial charge in [0.2, 0.25) is 0 Å². The molecule has 3 saturated heterocycles. The van der Waals surface area contributed by atoms with Crippen LogP contribution in [0.5, 0.6) is 0 Å². The SMILES string of the molecule is C=C(CC[C@@H]1O[C@H](CC(C)CC)[C@H](C)[C@H]1CS(=O)(=O)c1ccccc1)[C@H](C)CC1CC[C@@H]2O[C@@H](C)C[C@]2(CC)O1. The van der Waals surface area contributed by atoms with E-state index >= 15 is 0 Å². The molecule has 3 aliphatic heterocycles. The third kappa shape index (κ3) is 7.22. The molecule has 0 spiro atoms. The van der Waals surface area contributed by atoms with Crippen LogP contribution < -0.4 is 0 Å². The summed E-state index contributed by atoms with van der Waals surface area (Å²) in [6.07, 6.45) is 9.60. The fourth-order valence-electron chi connectivity index (χ4n) is 7.43. The van der Waals surface area contributed by atoms with Crippen molar-refractivity contribution in [1.29, 1.82) is 0 Å². The van der Waals surface area contributed by atoms with E-state index in [1.54, 1.807) is 24.3 Å². The van der Waals surface area contributed by atoms with Crippen molar-refractivity contribution in [3.05, 3.63) is 42.5 Å². The van der Waals surface area contributed by atoms with E-state index in [-0.39, 0.29) is 53.7 Å².